The van der Waals surface area contributed by atoms with Crippen molar-refractivity contribution in [3.05, 3.63) is 0 Å². The molecule has 3 saturated heterocycles. The van der Waals surface area contributed by atoms with Gasteiger partial charge in [-0.15, -0.1) is 0 Å². The van der Waals surface area contributed by atoms with Crippen LogP contribution in [0.2, 0.25) is 0 Å². The molecule has 32 nitrogen and oxygen atoms in total. The lowest BCUT2D eigenvalue weighted by atomic mass is 9.86. The van der Waals surface area contributed by atoms with E-state index in [2.05, 4.69) is 5.32 Å². The number of hydrogen-bond acceptors (Lipinski definition) is 31. The molecule has 100 heavy (non-hydrogen) atoms. The lowest BCUT2D eigenvalue weighted by Gasteiger charge is -2.42. The van der Waals surface area contributed by atoms with Crippen molar-refractivity contribution in [3.63, 3.8) is 0 Å². The average molecular weight is 1600 g/mol. The van der Waals surface area contributed by atoms with Crippen molar-refractivity contribution in [3.8, 4) is 0 Å². The van der Waals surface area contributed by atoms with E-state index in [0.717, 1.165) is 32.1 Å². The fraction of sp³-hybridized carbons (Fsp3) is 0.983. The Bertz CT molecular complexity index is 2260. The van der Waals surface area contributed by atoms with Gasteiger partial charge in [0.2, 0.25) is 5.91 Å². The van der Waals surface area contributed by atoms with E-state index in [0.29, 0.717) is 90.3 Å². The molecule has 0 aromatic rings. The van der Waals surface area contributed by atoms with Crippen molar-refractivity contribution in [2.24, 2.45) is 23.2 Å². The minimum atomic E-state index is -3.62. The molecule has 13 N–H and O–H groups in total. The molecule has 0 aromatic carbocycles. The number of aliphatic hydroxyl groups is 8. The maximum absolute atomic E-state index is 11.7. The van der Waals surface area contributed by atoms with E-state index in [1.807, 2.05) is 13.8 Å². The number of unbranched alkanes of at least 4 members (excludes halogenated alkanes) is 10. The van der Waals surface area contributed by atoms with Crippen molar-refractivity contribution in [2.45, 2.75) is 211 Å². The first-order valence-corrected chi connectivity index (χ1v) is 44.9. The van der Waals surface area contributed by atoms with Gasteiger partial charge in [0.15, 0.2) is 18.9 Å². The summed E-state index contributed by atoms with van der Waals surface area (Å²) in [6.45, 7) is -5.99. The number of rotatable bonds is 61. The van der Waals surface area contributed by atoms with E-state index in [1.54, 1.807) is 6.92 Å². The van der Waals surface area contributed by atoms with Gasteiger partial charge in [0, 0.05) is 78.0 Å². The van der Waals surface area contributed by atoms with Crippen molar-refractivity contribution in [1.82, 2.24) is 5.32 Å². The Morgan fingerprint density at radius 1 is 0.380 bits per heavy atom. The van der Waals surface area contributed by atoms with Crippen molar-refractivity contribution in [1.29, 1.82) is 0 Å². The molecule has 0 aliphatic carbocycles. The Morgan fingerprint density at radius 2 is 0.670 bits per heavy atom. The summed E-state index contributed by atoms with van der Waals surface area (Å²) in [4.78, 5) is 54.1. The number of ether oxygens (including phenoxy) is 10. The molecule has 11 unspecified atom stereocenters. The molecule has 0 aromatic heterocycles. The topological polar surface area (TPSA) is 438 Å². The Morgan fingerprint density at radius 3 is 1.04 bits per heavy atom. The van der Waals surface area contributed by atoms with E-state index in [1.165, 1.54) is 14.0 Å². The molecule has 3 aliphatic heterocycles. The molecule has 0 saturated carbocycles. The van der Waals surface area contributed by atoms with Crippen LogP contribution in [0.1, 0.15) is 137 Å². The fourth-order valence-corrected chi connectivity index (χ4v) is 15.0. The Labute approximate surface area is 610 Å². The van der Waals surface area contributed by atoms with E-state index in [9.17, 15) is 65.2 Å². The molecule has 0 spiro atoms. The van der Waals surface area contributed by atoms with E-state index in [4.69, 9.17) is 131 Å². The van der Waals surface area contributed by atoms with Gasteiger partial charge >= 0.3 is 26.9 Å². The van der Waals surface area contributed by atoms with Crippen LogP contribution in [0.5, 0.6) is 0 Å². The Balaban J connectivity index is 1.51. The van der Waals surface area contributed by atoms with Crippen LogP contribution < -0.4 is 5.32 Å². The van der Waals surface area contributed by atoms with Gasteiger partial charge in [-0.3, -0.25) is 4.79 Å². The van der Waals surface area contributed by atoms with Crippen LogP contribution in [0.25, 0.3) is 0 Å². The summed E-state index contributed by atoms with van der Waals surface area (Å²) >= 11 is 20.8. The van der Waals surface area contributed by atoms with E-state index in [-0.39, 0.29) is 124 Å². The number of hydrogen-bond donors (Lipinski definition) is 13. The largest absolute Gasteiger partial charge is 0.394 e. The highest BCUT2D eigenvalue weighted by molar-refractivity contribution is 8.08. The van der Waals surface area contributed by atoms with Crippen molar-refractivity contribution >= 4 is 80.0 Å². The van der Waals surface area contributed by atoms with Crippen LogP contribution in [0.15, 0.2) is 0 Å². The molecule has 0 bridgehead atoms. The molecule has 3 rings (SSSR count). The summed E-state index contributed by atoms with van der Waals surface area (Å²) < 4.78 is 103. The van der Waals surface area contributed by atoms with Gasteiger partial charge < -0.3 is 149 Å². The standard InChI is InChI=1S/C60H119NO31P4S4/c1-44-48(37-62)90-57(45(2)52(44)66)80-27-12-6-9-15-30-84-94(72,98)87-34-20-24-77-41-60(40-76-23-18-19-33-83-93(71,97)75-5,42-78-25-21-35-88-95(73,99)85-31-16-10-7-13-28-81-58-46(3)53(67)54(68)49(38-63)91-58)43-79-26-22-36-89-96(74,100)86-32-17-11-8-14-29-82-59-51(61-47(4)65)56(70)55(69)50(39-64)92-59/h44-46,48-59,62-64,66-70H,6-43H2,1-5H3,(H,61,65)(H,71,97)(H,72,98)(H,73,99)(H,74,100)/t44-,45?,46?,48?,49?,50?,51?,52-,53+,54-,55-,56+,57+,58+,59+,60?,93?,94?,95?,96?/m0/s1. The normalized spacial score (nSPS) is 28.9. The summed E-state index contributed by atoms with van der Waals surface area (Å²) in [5.41, 5.74) is -0.929. The summed E-state index contributed by atoms with van der Waals surface area (Å²) in [6, 6.07) is -1.04. The van der Waals surface area contributed by atoms with E-state index < -0.39 is 131 Å². The minimum absolute atomic E-state index is 0.00825. The second-order valence-electron chi connectivity index (χ2n) is 25.2. The van der Waals surface area contributed by atoms with Gasteiger partial charge in [-0.05, 0) is 118 Å². The molecule has 0 radical (unpaired) electrons. The summed E-state index contributed by atoms with van der Waals surface area (Å²) in [7, 11) is 1.27. The molecule has 3 heterocycles. The number of nitrogens with one attached hydrogen (secondary N) is 1. The zero-order chi connectivity index (χ0) is 74.0. The zero-order valence-electron chi connectivity index (χ0n) is 58.6. The predicted molar refractivity (Wildman–Crippen MR) is 379 cm³/mol. The molecule has 594 valence electrons. The van der Waals surface area contributed by atoms with Gasteiger partial charge in [0.25, 0.3) is 0 Å². The first kappa shape index (κ1) is 95.1. The van der Waals surface area contributed by atoms with E-state index >= 15 is 0 Å². The maximum atomic E-state index is 11.7. The second kappa shape index (κ2) is 52.9. The zero-order valence-corrected chi connectivity index (χ0v) is 65.4. The highest BCUT2D eigenvalue weighted by atomic mass is 32.5. The molecule has 3 fully saturated rings. The third kappa shape index (κ3) is 39.5. The molecular weight excluding hydrogens is 1480 g/mol. The lowest BCUT2D eigenvalue weighted by molar-refractivity contribution is -0.282. The minimum Gasteiger partial charge on any atom is -0.394 e. The van der Waals surface area contributed by atoms with Gasteiger partial charge in [0.05, 0.1) is 116 Å². The number of amides is 1. The van der Waals surface area contributed by atoms with Gasteiger partial charge in [-0.1, -0.05) is 59.3 Å². The third-order valence-electron chi connectivity index (χ3n) is 16.6. The molecule has 20 atom stereocenters. The van der Waals surface area contributed by atoms with Gasteiger partial charge in [-0.25, -0.2) is 0 Å². The third-order valence-corrected chi connectivity index (χ3v) is 23.3. The van der Waals surface area contributed by atoms with Crippen LogP contribution in [0, 0.1) is 23.2 Å². The quantitative estimate of drug-likeness (QED) is 0.0305. The van der Waals surface area contributed by atoms with Crippen LogP contribution in [-0.4, -0.2) is 286 Å². The van der Waals surface area contributed by atoms with Crippen molar-refractivity contribution in [2.75, 3.05) is 146 Å². The number of carbonyl (C=O) groups excluding carboxylic acids is 1. The monoisotopic (exact) mass is 1600 g/mol. The second-order valence-corrected chi connectivity index (χ2v) is 36.6. The molecule has 1 amide bonds. The number of aliphatic hydroxyl groups excluding tert-OH is 8. The highest BCUT2D eigenvalue weighted by Gasteiger charge is 2.46. The SMILES string of the molecule is COP(O)(=S)OCCCCOCC(COCCCOP(O)(=S)OCCCCCCO[C@@H]1OC(CO)[C@H](C)[C@H](O)C1C)(COCCCOP(O)(=S)OCCCCCCO[C@@H]1OC(CO)[C@H](O)[C@H](O)C1C)COCCCOP(O)(=S)OCCCCCCO[C@@H]1OC(CO)[C@H](O)[C@H](O)C1NC(C)=O. The van der Waals surface area contributed by atoms with Crippen LogP contribution in [0.4, 0.5) is 0 Å². The Kier molecular flexibility index (Phi) is 50.3. The van der Waals surface area contributed by atoms with Crippen LogP contribution in [0.3, 0.4) is 0 Å². The van der Waals surface area contributed by atoms with Gasteiger partial charge in [0.1, 0.15) is 36.6 Å². The number of carbonyl (C=O) groups is 1. The lowest BCUT2D eigenvalue weighted by Crippen LogP contribution is -2.64. The van der Waals surface area contributed by atoms with Crippen LogP contribution in [-0.2, 0) is 136 Å². The fourth-order valence-electron chi connectivity index (χ4n) is 10.6. The smallest absolute Gasteiger partial charge is 0.324 e. The van der Waals surface area contributed by atoms with Gasteiger partial charge in [-0.2, -0.15) is 0 Å². The summed E-state index contributed by atoms with van der Waals surface area (Å²) in [6.07, 6.45) is -0.620. The predicted octanol–water partition coefficient (Wildman–Crippen LogP) is 3.72. The first-order valence-electron chi connectivity index (χ1n) is 34.6. The average Bonchev–Trinajstić information content (AvgIpc) is 0.825. The van der Waals surface area contributed by atoms with Crippen LogP contribution >= 0.6 is 26.9 Å². The first-order chi connectivity index (χ1) is 47.6. The maximum Gasteiger partial charge on any atom is 0.324 e. The summed E-state index contributed by atoms with van der Waals surface area (Å²) in [5.74, 6) is -1.39. The summed E-state index contributed by atoms with van der Waals surface area (Å²) in [5, 5.41) is 82.9. The van der Waals surface area contributed by atoms with Crippen molar-refractivity contribution < 1.29 is 149 Å². The molecule has 40 heteroatoms. The highest BCUT2D eigenvalue weighted by Crippen LogP contribution is 2.46. The molecule has 3 aliphatic rings. The molecular formula is C60H119NO31P4S4. The Hall–Kier alpha value is 0.870.